The van der Waals surface area contributed by atoms with E-state index in [1.165, 1.54) is 7.11 Å². The number of nitrogens with one attached hydrogen (secondary N) is 1. The van der Waals surface area contributed by atoms with Gasteiger partial charge in [0.2, 0.25) is 0 Å². The Labute approximate surface area is 117 Å². The van der Waals surface area contributed by atoms with Crippen LogP contribution in [0.4, 0.5) is 5.00 Å². The first-order valence-electron chi connectivity index (χ1n) is 6.03. The van der Waals surface area contributed by atoms with Gasteiger partial charge in [0.1, 0.15) is 4.88 Å². The van der Waals surface area contributed by atoms with Crippen LogP contribution < -0.4 is 11.1 Å². The number of carbonyl (C=O) groups is 2. The van der Waals surface area contributed by atoms with Crippen LogP contribution in [-0.2, 0) is 10.2 Å². The standard InChI is InChI=1S/C13H20N2O3S/c1-6-15-11(16)7-8(13(2,3)4)9(12(17)18-5)19-10(7)14/h6,14H2,1-5H3,(H,15,16). The van der Waals surface area contributed by atoms with E-state index in [9.17, 15) is 9.59 Å². The molecular formula is C13H20N2O3S. The normalized spacial score (nSPS) is 11.2. The van der Waals surface area contributed by atoms with Gasteiger partial charge in [-0.1, -0.05) is 20.8 Å². The molecule has 0 fully saturated rings. The summed E-state index contributed by atoms with van der Waals surface area (Å²) in [5.41, 5.74) is 6.57. The minimum absolute atomic E-state index is 0.253. The molecule has 6 heteroatoms. The molecule has 5 nitrogen and oxygen atoms in total. The van der Waals surface area contributed by atoms with Gasteiger partial charge in [-0.15, -0.1) is 11.3 Å². The van der Waals surface area contributed by atoms with Gasteiger partial charge in [-0.2, -0.15) is 0 Å². The molecule has 19 heavy (non-hydrogen) atoms. The van der Waals surface area contributed by atoms with E-state index >= 15 is 0 Å². The van der Waals surface area contributed by atoms with Crippen LogP contribution in [-0.4, -0.2) is 25.5 Å². The molecule has 1 aromatic heterocycles. The van der Waals surface area contributed by atoms with E-state index in [2.05, 4.69) is 5.32 Å². The number of nitrogen functional groups attached to an aromatic ring is 1. The molecular weight excluding hydrogens is 264 g/mol. The summed E-state index contributed by atoms with van der Waals surface area (Å²) < 4.78 is 4.76. The van der Waals surface area contributed by atoms with Crippen molar-refractivity contribution in [1.29, 1.82) is 0 Å². The maximum atomic E-state index is 12.1. The summed E-state index contributed by atoms with van der Waals surface area (Å²) in [7, 11) is 1.32. The summed E-state index contributed by atoms with van der Waals surface area (Å²) in [6.45, 7) is 8.14. The number of anilines is 1. The highest BCUT2D eigenvalue weighted by Gasteiger charge is 2.33. The lowest BCUT2D eigenvalue weighted by atomic mass is 9.84. The quantitative estimate of drug-likeness (QED) is 0.833. The molecule has 0 aliphatic rings. The van der Waals surface area contributed by atoms with Crippen molar-refractivity contribution in [1.82, 2.24) is 5.32 Å². The molecule has 1 heterocycles. The number of ether oxygens (including phenoxy) is 1. The van der Waals surface area contributed by atoms with E-state index in [4.69, 9.17) is 10.5 Å². The van der Waals surface area contributed by atoms with Crippen LogP contribution in [0, 0.1) is 0 Å². The number of hydrogen-bond acceptors (Lipinski definition) is 5. The van der Waals surface area contributed by atoms with Crippen LogP contribution in [0.25, 0.3) is 0 Å². The molecule has 0 aliphatic carbocycles. The second kappa shape index (κ2) is 5.61. The summed E-state index contributed by atoms with van der Waals surface area (Å²) in [5.74, 6) is -0.714. The Kier molecular flexibility index (Phi) is 4.57. The van der Waals surface area contributed by atoms with Crippen molar-refractivity contribution in [2.75, 3.05) is 19.4 Å². The lowest BCUT2D eigenvalue weighted by Gasteiger charge is -2.21. The maximum absolute atomic E-state index is 12.1. The van der Waals surface area contributed by atoms with Crippen molar-refractivity contribution in [3.8, 4) is 0 Å². The molecule has 0 unspecified atom stereocenters. The molecule has 106 valence electrons. The largest absolute Gasteiger partial charge is 0.465 e. The van der Waals surface area contributed by atoms with E-state index in [0.29, 0.717) is 27.5 Å². The molecule has 0 bridgehead atoms. The summed E-state index contributed by atoms with van der Waals surface area (Å²) >= 11 is 1.10. The third-order valence-electron chi connectivity index (χ3n) is 2.62. The lowest BCUT2D eigenvalue weighted by Crippen LogP contribution is -2.27. The third-order valence-corrected chi connectivity index (χ3v) is 3.62. The molecule has 1 aromatic rings. The van der Waals surface area contributed by atoms with Gasteiger partial charge >= 0.3 is 5.97 Å². The smallest absolute Gasteiger partial charge is 0.348 e. The number of rotatable bonds is 3. The van der Waals surface area contributed by atoms with Crippen LogP contribution in [0.2, 0.25) is 0 Å². The SMILES string of the molecule is CCNC(=O)c1c(N)sc(C(=O)OC)c1C(C)(C)C. The molecule has 0 aromatic carbocycles. The van der Waals surface area contributed by atoms with E-state index in [0.717, 1.165) is 11.3 Å². The fourth-order valence-corrected chi connectivity index (χ4v) is 3.07. The van der Waals surface area contributed by atoms with Crippen LogP contribution in [0.1, 0.15) is 53.3 Å². The Bertz CT molecular complexity index is 501. The summed E-state index contributed by atoms with van der Waals surface area (Å²) in [6.07, 6.45) is 0. The predicted octanol–water partition coefficient (Wildman–Crippen LogP) is 2.16. The monoisotopic (exact) mass is 284 g/mol. The molecule has 0 aliphatic heterocycles. The molecule has 3 N–H and O–H groups in total. The zero-order valence-corrected chi connectivity index (χ0v) is 12.7. The van der Waals surface area contributed by atoms with Gasteiger partial charge in [-0.05, 0) is 17.9 Å². The van der Waals surface area contributed by atoms with Crippen LogP contribution >= 0.6 is 11.3 Å². The first kappa shape index (κ1) is 15.5. The van der Waals surface area contributed by atoms with Gasteiger partial charge in [0, 0.05) is 6.54 Å². The van der Waals surface area contributed by atoms with Gasteiger partial charge in [-0.25, -0.2) is 4.79 Å². The minimum atomic E-state index is -0.461. The van der Waals surface area contributed by atoms with E-state index in [-0.39, 0.29) is 11.3 Å². The number of amides is 1. The van der Waals surface area contributed by atoms with Gasteiger partial charge in [0.15, 0.2) is 0 Å². The molecule has 0 atom stereocenters. The highest BCUT2D eigenvalue weighted by molar-refractivity contribution is 7.18. The second-order valence-electron chi connectivity index (χ2n) is 5.15. The number of thiophene rings is 1. The first-order chi connectivity index (χ1) is 8.73. The van der Waals surface area contributed by atoms with Gasteiger partial charge < -0.3 is 15.8 Å². The summed E-state index contributed by atoms with van der Waals surface area (Å²) in [6, 6.07) is 0. The molecule has 0 saturated heterocycles. The minimum Gasteiger partial charge on any atom is -0.465 e. The summed E-state index contributed by atoms with van der Waals surface area (Å²) in [4.78, 5) is 24.3. The number of esters is 1. The number of hydrogen-bond donors (Lipinski definition) is 2. The Morgan fingerprint density at radius 2 is 1.95 bits per heavy atom. The molecule has 0 saturated carbocycles. The lowest BCUT2D eigenvalue weighted by molar-refractivity contribution is 0.0603. The molecule has 1 rings (SSSR count). The van der Waals surface area contributed by atoms with Gasteiger partial charge in [0.25, 0.3) is 5.91 Å². The van der Waals surface area contributed by atoms with Crippen molar-refractivity contribution in [2.45, 2.75) is 33.1 Å². The molecule has 1 amide bonds. The second-order valence-corrected chi connectivity index (χ2v) is 6.20. The van der Waals surface area contributed by atoms with Crippen molar-refractivity contribution in [3.05, 3.63) is 16.0 Å². The number of carbonyl (C=O) groups excluding carboxylic acids is 2. The molecule has 0 spiro atoms. The third kappa shape index (κ3) is 3.07. The van der Waals surface area contributed by atoms with E-state index in [1.807, 2.05) is 27.7 Å². The topological polar surface area (TPSA) is 81.4 Å². The van der Waals surface area contributed by atoms with Crippen molar-refractivity contribution < 1.29 is 14.3 Å². The van der Waals surface area contributed by atoms with Gasteiger partial charge in [0.05, 0.1) is 17.7 Å². The highest BCUT2D eigenvalue weighted by Crippen LogP contribution is 2.39. The van der Waals surface area contributed by atoms with Crippen LogP contribution in [0.3, 0.4) is 0 Å². The summed E-state index contributed by atoms with van der Waals surface area (Å²) in [5, 5.41) is 3.06. The zero-order valence-electron chi connectivity index (χ0n) is 11.9. The Balaban J connectivity index is 3.50. The van der Waals surface area contributed by atoms with Crippen molar-refractivity contribution in [3.63, 3.8) is 0 Å². The first-order valence-corrected chi connectivity index (χ1v) is 6.84. The highest BCUT2D eigenvalue weighted by atomic mass is 32.1. The van der Waals surface area contributed by atoms with E-state index < -0.39 is 5.97 Å². The van der Waals surface area contributed by atoms with Crippen molar-refractivity contribution >= 4 is 28.2 Å². The fraction of sp³-hybridized carbons (Fsp3) is 0.538. The van der Waals surface area contributed by atoms with Crippen molar-refractivity contribution in [2.24, 2.45) is 0 Å². The average molecular weight is 284 g/mol. The average Bonchev–Trinajstić information content (AvgIpc) is 2.66. The fourth-order valence-electron chi connectivity index (χ4n) is 1.88. The molecule has 0 radical (unpaired) electrons. The maximum Gasteiger partial charge on any atom is 0.348 e. The number of methoxy groups -OCH3 is 1. The zero-order chi connectivity index (χ0) is 14.8. The van der Waals surface area contributed by atoms with E-state index in [1.54, 1.807) is 0 Å². The van der Waals surface area contributed by atoms with Gasteiger partial charge in [-0.3, -0.25) is 4.79 Å². The predicted molar refractivity (Wildman–Crippen MR) is 76.8 cm³/mol. The Hall–Kier alpha value is -1.56. The Morgan fingerprint density at radius 3 is 2.37 bits per heavy atom. The van der Waals surface area contributed by atoms with Crippen LogP contribution in [0.15, 0.2) is 0 Å². The number of nitrogens with two attached hydrogens (primary N) is 1. The Morgan fingerprint density at radius 1 is 1.37 bits per heavy atom. The van der Waals surface area contributed by atoms with Crippen LogP contribution in [0.5, 0.6) is 0 Å².